The summed E-state index contributed by atoms with van der Waals surface area (Å²) in [5, 5.41) is 9.04. The fraction of sp³-hybridized carbons (Fsp3) is 0.118. The number of hydrogen-bond acceptors (Lipinski definition) is 4. The molecule has 0 saturated carbocycles. The summed E-state index contributed by atoms with van der Waals surface area (Å²) < 4.78 is 1.69. The third-order valence-corrected chi connectivity index (χ3v) is 4.33. The Bertz CT molecular complexity index is 849. The summed E-state index contributed by atoms with van der Waals surface area (Å²) in [7, 11) is 1.81. The van der Waals surface area contributed by atoms with Crippen LogP contribution in [0.15, 0.2) is 47.8 Å². The average molecular weight is 325 g/mol. The Hall–Kier alpha value is -2.73. The first-order chi connectivity index (χ1) is 11.0. The molecular formula is C17H15N3O2S. The Morgan fingerprint density at radius 1 is 1.17 bits per heavy atom. The van der Waals surface area contributed by atoms with Gasteiger partial charge in [0.15, 0.2) is 11.5 Å². The molecule has 0 saturated heterocycles. The quantitative estimate of drug-likeness (QED) is 0.745. The van der Waals surface area contributed by atoms with Gasteiger partial charge in [0, 0.05) is 18.3 Å². The molecule has 5 nitrogen and oxygen atoms in total. The number of anilines is 1. The monoisotopic (exact) mass is 325 g/mol. The molecule has 23 heavy (non-hydrogen) atoms. The van der Waals surface area contributed by atoms with Gasteiger partial charge in [0.25, 0.3) is 5.91 Å². The maximum absolute atomic E-state index is 12.3. The number of thiophene rings is 1. The number of aryl methyl sites for hydroxylation is 1. The molecule has 2 aromatic heterocycles. The van der Waals surface area contributed by atoms with Crippen LogP contribution in [0.1, 0.15) is 27.8 Å². The van der Waals surface area contributed by atoms with E-state index in [-0.39, 0.29) is 11.7 Å². The van der Waals surface area contributed by atoms with Crippen LogP contribution in [0.4, 0.5) is 5.69 Å². The molecule has 6 heteroatoms. The maximum Gasteiger partial charge on any atom is 0.276 e. The Morgan fingerprint density at radius 3 is 2.52 bits per heavy atom. The second-order valence-corrected chi connectivity index (χ2v) is 6.05. The van der Waals surface area contributed by atoms with Crippen LogP contribution in [0.2, 0.25) is 0 Å². The highest BCUT2D eigenvalue weighted by atomic mass is 32.1. The first kappa shape index (κ1) is 15.2. The largest absolute Gasteiger partial charge is 0.321 e. The van der Waals surface area contributed by atoms with Crippen molar-refractivity contribution in [3.05, 3.63) is 59.1 Å². The van der Waals surface area contributed by atoms with Crippen molar-refractivity contribution in [3.63, 3.8) is 0 Å². The highest BCUT2D eigenvalue weighted by Crippen LogP contribution is 2.25. The molecule has 0 radical (unpaired) electrons. The van der Waals surface area contributed by atoms with Crippen LogP contribution in [-0.2, 0) is 7.05 Å². The van der Waals surface area contributed by atoms with E-state index in [4.69, 9.17) is 0 Å². The van der Waals surface area contributed by atoms with Crippen molar-refractivity contribution in [2.75, 3.05) is 5.32 Å². The molecule has 0 atom stereocenters. The molecule has 2 heterocycles. The van der Waals surface area contributed by atoms with Crippen molar-refractivity contribution >= 4 is 28.7 Å². The fourth-order valence-corrected chi connectivity index (χ4v) is 2.99. The summed E-state index contributed by atoms with van der Waals surface area (Å²) in [5.41, 5.74) is 2.49. The van der Waals surface area contributed by atoms with E-state index in [9.17, 15) is 9.59 Å². The minimum atomic E-state index is -0.279. The van der Waals surface area contributed by atoms with E-state index >= 15 is 0 Å². The van der Waals surface area contributed by atoms with Gasteiger partial charge in [-0.15, -0.1) is 11.3 Å². The number of carbonyl (C=O) groups is 2. The van der Waals surface area contributed by atoms with Crippen molar-refractivity contribution in [1.82, 2.24) is 9.78 Å². The van der Waals surface area contributed by atoms with Gasteiger partial charge in [-0.2, -0.15) is 5.10 Å². The van der Waals surface area contributed by atoms with E-state index in [1.165, 1.54) is 6.92 Å². The van der Waals surface area contributed by atoms with Gasteiger partial charge in [0.2, 0.25) is 0 Å². The van der Waals surface area contributed by atoms with Gasteiger partial charge < -0.3 is 5.32 Å². The second kappa shape index (κ2) is 6.18. The van der Waals surface area contributed by atoms with Gasteiger partial charge in [-0.25, -0.2) is 0 Å². The number of carbonyl (C=O) groups excluding carboxylic acids is 2. The zero-order valence-corrected chi connectivity index (χ0v) is 13.6. The molecule has 0 aliphatic carbocycles. The second-order valence-electron chi connectivity index (χ2n) is 5.10. The summed E-state index contributed by atoms with van der Waals surface area (Å²) in [6.45, 7) is 1.51. The van der Waals surface area contributed by atoms with Crippen molar-refractivity contribution in [3.8, 4) is 10.6 Å². The van der Waals surface area contributed by atoms with E-state index in [2.05, 4.69) is 10.4 Å². The lowest BCUT2D eigenvalue weighted by Gasteiger charge is -2.03. The van der Waals surface area contributed by atoms with Crippen LogP contribution < -0.4 is 5.32 Å². The van der Waals surface area contributed by atoms with Crippen LogP contribution in [-0.4, -0.2) is 21.5 Å². The lowest BCUT2D eigenvalue weighted by atomic mass is 10.1. The Balaban J connectivity index is 1.78. The van der Waals surface area contributed by atoms with Gasteiger partial charge in [-0.05, 0) is 48.7 Å². The Morgan fingerprint density at radius 2 is 1.91 bits per heavy atom. The topological polar surface area (TPSA) is 64.0 Å². The summed E-state index contributed by atoms with van der Waals surface area (Å²) in [6, 6.07) is 12.5. The van der Waals surface area contributed by atoms with E-state index in [1.807, 2.05) is 24.6 Å². The average Bonchev–Trinajstić information content (AvgIpc) is 3.16. The van der Waals surface area contributed by atoms with Crippen LogP contribution in [0.5, 0.6) is 0 Å². The minimum Gasteiger partial charge on any atom is -0.321 e. The first-order valence-electron chi connectivity index (χ1n) is 7.05. The molecule has 1 amide bonds. The molecule has 116 valence electrons. The zero-order chi connectivity index (χ0) is 16.4. The van der Waals surface area contributed by atoms with Gasteiger partial charge in [-0.1, -0.05) is 6.07 Å². The van der Waals surface area contributed by atoms with E-state index in [1.54, 1.807) is 46.4 Å². The van der Waals surface area contributed by atoms with Gasteiger partial charge in [-0.3, -0.25) is 14.3 Å². The highest BCUT2D eigenvalue weighted by molar-refractivity contribution is 7.13. The molecule has 0 bridgehead atoms. The van der Waals surface area contributed by atoms with Crippen LogP contribution in [0.25, 0.3) is 10.6 Å². The van der Waals surface area contributed by atoms with Gasteiger partial charge in [0.05, 0.1) is 10.6 Å². The van der Waals surface area contributed by atoms with Crippen molar-refractivity contribution < 1.29 is 9.59 Å². The van der Waals surface area contributed by atoms with E-state index in [0.29, 0.717) is 16.9 Å². The van der Waals surface area contributed by atoms with Crippen molar-refractivity contribution in [2.45, 2.75) is 6.92 Å². The lowest BCUT2D eigenvalue weighted by molar-refractivity contribution is 0.101. The first-order valence-corrected chi connectivity index (χ1v) is 7.93. The number of ketones is 1. The third kappa shape index (κ3) is 3.22. The number of rotatable bonds is 4. The predicted octanol–water partition coefficient (Wildman–Crippen LogP) is 3.60. The third-order valence-electron chi connectivity index (χ3n) is 3.44. The maximum atomic E-state index is 12.3. The molecule has 0 aliphatic heterocycles. The summed E-state index contributed by atoms with van der Waals surface area (Å²) >= 11 is 1.60. The van der Waals surface area contributed by atoms with Gasteiger partial charge >= 0.3 is 0 Å². The molecule has 3 rings (SSSR count). The highest BCUT2D eigenvalue weighted by Gasteiger charge is 2.14. The molecule has 0 unspecified atom stereocenters. The molecular weight excluding hydrogens is 310 g/mol. The molecule has 3 aromatic rings. The molecule has 0 aliphatic rings. The molecule has 0 fully saturated rings. The SMILES string of the molecule is CC(=O)c1ccc(NC(=O)c2cc(-c3cccs3)n(C)n2)cc1. The minimum absolute atomic E-state index is 0.00630. The Labute approximate surface area is 137 Å². The number of Topliss-reactive ketones (excluding diaryl/α,β-unsaturated/α-hetero) is 1. The molecule has 1 aromatic carbocycles. The van der Waals surface area contributed by atoms with Crippen molar-refractivity contribution in [2.24, 2.45) is 7.05 Å². The van der Waals surface area contributed by atoms with Crippen LogP contribution in [0, 0.1) is 0 Å². The standard InChI is InChI=1S/C17H15N3O2S/c1-11(21)12-5-7-13(8-6-12)18-17(22)14-10-15(20(2)19-14)16-4-3-9-23-16/h3-10H,1-2H3,(H,18,22). The summed E-state index contributed by atoms with van der Waals surface area (Å²) in [5.74, 6) is -0.285. The number of aromatic nitrogens is 2. The smallest absolute Gasteiger partial charge is 0.276 e. The number of benzene rings is 1. The lowest BCUT2D eigenvalue weighted by Crippen LogP contribution is -2.13. The number of hydrogen-bond donors (Lipinski definition) is 1. The summed E-state index contributed by atoms with van der Waals surface area (Å²) in [4.78, 5) is 24.6. The molecule has 0 spiro atoms. The normalized spacial score (nSPS) is 10.5. The zero-order valence-electron chi connectivity index (χ0n) is 12.7. The Kier molecular flexibility index (Phi) is 4.08. The van der Waals surface area contributed by atoms with Crippen LogP contribution in [0.3, 0.4) is 0 Å². The van der Waals surface area contributed by atoms with E-state index in [0.717, 1.165) is 10.6 Å². The number of nitrogens with one attached hydrogen (secondary N) is 1. The predicted molar refractivity (Wildman–Crippen MR) is 90.9 cm³/mol. The van der Waals surface area contributed by atoms with Crippen LogP contribution >= 0.6 is 11.3 Å². The van der Waals surface area contributed by atoms with E-state index < -0.39 is 0 Å². The summed E-state index contributed by atoms with van der Waals surface area (Å²) in [6.07, 6.45) is 0. The van der Waals surface area contributed by atoms with Gasteiger partial charge in [0.1, 0.15) is 0 Å². The molecule has 1 N–H and O–H groups in total. The number of nitrogens with zero attached hydrogens (tertiary/aromatic N) is 2. The fourth-order valence-electron chi connectivity index (χ4n) is 2.22. The number of amides is 1. The van der Waals surface area contributed by atoms with Crippen molar-refractivity contribution in [1.29, 1.82) is 0 Å².